The third-order valence-corrected chi connectivity index (χ3v) is 2.51. The standard InChI is InChI=1S/C11H20O3/c1-3-4-9(2)7-10(12)11-8-13-5-6-14-11/h9,11H,3-8H2,1-2H3. The first-order chi connectivity index (χ1) is 6.74. The number of hydrogen-bond donors (Lipinski definition) is 0. The van der Waals surface area contributed by atoms with Crippen LogP contribution in [0.25, 0.3) is 0 Å². The van der Waals surface area contributed by atoms with Gasteiger partial charge in [-0.2, -0.15) is 0 Å². The fourth-order valence-corrected chi connectivity index (χ4v) is 1.74. The van der Waals surface area contributed by atoms with Crippen molar-refractivity contribution in [3.05, 3.63) is 0 Å². The first-order valence-electron chi connectivity index (χ1n) is 5.46. The monoisotopic (exact) mass is 200 g/mol. The average molecular weight is 200 g/mol. The van der Waals surface area contributed by atoms with Gasteiger partial charge in [-0.15, -0.1) is 0 Å². The second-order valence-electron chi connectivity index (χ2n) is 4.00. The maximum absolute atomic E-state index is 11.7. The van der Waals surface area contributed by atoms with Crippen molar-refractivity contribution in [3.8, 4) is 0 Å². The van der Waals surface area contributed by atoms with Crippen LogP contribution in [0.1, 0.15) is 33.1 Å². The Balaban J connectivity index is 2.25. The average Bonchev–Trinajstić information content (AvgIpc) is 2.19. The number of ether oxygens (including phenoxy) is 2. The van der Waals surface area contributed by atoms with Gasteiger partial charge in [0, 0.05) is 6.42 Å². The lowest BCUT2D eigenvalue weighted by Gasteiger charge is -2.22. The van der Waals surface area contributed by atoms with Gasteiger partial charge in [0.1, 0.15) is 6.10 Å². The molecular weight excluding hydrogens is 180 g/mol. The molecule has 0 N–H and O–H groups in total. The first-order valence-corrected chi connectivity index (χ1v) is 5.46. The second kappa shape index (κ2) is 6.14. The number of rotatable bonds is 5. The summed E-state index contributed by atoms with van der Waals surface area (Å²) in [6.45, 7) is 5.87. The van der Waals surface area contributed by atoms with Crippen LogP contribution in [0.4, 0.5) is 0 Å². The Morgan fingerprint density at radius 1 is 1.50 bits per heavy atom. The molecule has 1 rings (SSSR count). The Bertz CT molecular complexity index is 173. The molecule has 0 aromatic heterocycles. The molecule has 1 fully saturated rings. The molecular formula is C11H20O3. The number of Topliss-reactive ketones (excluding diaryl/α,β-unsaturated/α-hetero) is 1. The topological polar surface area (TPSA) is 35.5 Å². The Hall–Kier alpha value is -0.410. The molecule has 0 spiro atoms. The van der Waals surface area contributed by atoms with Gasteiger partial charge in [0.05, 0.1) is 19.8 Å². The summed E-state index contributed by atoms with van der Waals surface area (Å²) in [4.78, 5) is 11.7. The SMILES string of the molecule is CCCC(C)CC(=O)C1COCCO1. The van der Waals surface area contributed by atoms with Crippen LogP contribution in [0, 0.1) is 5.92 Å². The Kier molecular flexibility index (Phi) is 5.12. The van der Waals surface area contributed by atoms with Gasteiger partial charge in [-0.05, 0) is 5.92 Å². The van der Waals surface area contributed by atoms with E-state index in [0.717, 1.165) is 12.8 Å². The normalized spacial score (nSPS) is 24.6. The van der Waals surface area contributed by atoms with Gasteiger partial charge in [-0.1, -0.05) is 26.7 Å². The predicted molar refractivity (Wildman–Crippen MR) is 54.3 cm³/mol. The highest BCUT2D eigenvalue weighted by Crippen LogP contribution is 2.14. The van der Waals surface area contributed by atoms with Gasteiger partial charge in [0.15, 0.2) is 5.78 Å². The smallest absolute Gasteiger partial charge is 0.164 e. The summed E-state index contributed by atoms with van der Waals surface area (Å²) in [7, 11) is 0. The predicted octanol–water partition coefficient (Wildman–Crippen LogP) is 1.80. The van der Waals surface area contributed by atoms with Crippen LogP contribution in [0.15, 0.2) is 0 Å². The van der Waals surface area contributed by atoms with E-state index in [0.29, 0.717) is 32.2 Å². The van der Waals surface area contributed by atoms with Crippen molar-refractivity contribution in [1.29, 1.82) is 0 Å². The van der Waals surface area contributed by atoms with E-state index in [-0.39, 0.29) is 11.9 Å². The van der Waals surface area contributed by atoms with Gasteiger partial charge >= 0.3 is 0 Å². The first kappa shape index (κ1) is 11.7. The Morgan fingerprint density at radius 3 is 2.86 bits per heavy atom. The van der Waals surface area contributed by atoms with Crippen LogP contribution in [-0.2, 0) is 14.3 Å². The maximum Gasteiger partial charge on any atom is 0.164 e. The van der Waals surface area contributed by atoms with E-state index in [4.69, 9.17) is 9.47 Å². The highest BCUT2D eigenvalue weighted by molar-refractivity contribution is 5.83. The molecule has 3 nitrogen and oxygen atoms in total. The molecule has 2 unspecified atom stereocenters. The summed E-state index contributed by atoms with van der Waals surface area (Å²) in [5, 5.41) is 0. The lowest BCUT2D eigenvalue weighted by molar-refractivity contribution is -0.146. The van der Waals surface area contributed by atoms with Gasteiger partial charge in [0.25, 0.3) is 0 Å². The van der Waals surface area contributed by atoms with Gasteiger partial charge in [-0.25, -0.2) is 0 Å². The van der Waals surface area contributed by atoms with E-state index in [1.54, 1.807) is 0 Å². The van der Waals surface area contributed by atoms with Gasteiger partial charge in [-0.3, -0.25) is 4.79 Å². The van der Waals surface area contributed by atoms with Crippen LogP contribution in [0.2, 0.25) is 0 Å². The van der Waals surface area contributed by atoms with Crippen molar-refractivity contribution in [2.75, 3.05) is 19.8 Å². The van der Waals surface area contributed by atoms with E-state index in [1.165, 1.54) is 0 Å². The van der Waals surface area contributed by atoms with Gasteiger partial charge < -0.3 is 9.47 Å². The van der Waals surface area contributed by atoms with Crippen LogP contribution >= 0.6 is 0 Å². The third-order valence-electron chi connectivity index (χ3n) is 2.51. The van der Waals surface area contributed by atoms with Crippen LogP contribution < -0.4 is 0 Å². The number of hydrogen-bond acceptors (Lipinski definition) is 3. The quantitative estimate of drug-likeness (QED) is 0.678. The molecule has 1 saturated heterocycles. The zero-order chi connectivity index (χ0) is 10.4. The summed E-state index contributed by atoms with van der Waals surface area (Å²) >= 11 is 0. The molecule has 1 heterocycles. The largest absolute Gasteiger partial charge is 0.376 e. The molecule has 1 aliphatic rings. The van der Waals surface area contributed by atoms with Gasteiger partial charge in [0.2, 0.25) is 0 Å². The van der Waals surface area contributed by atoms with Crippen LogP contribution in [0.3, 0.4) is 0 Å². The Morgan fingerprint density at radius 2 is 2.29 bits per heavy atom. The second-order valence-corrected chi connectivity index (χ2v) is 4.00. The minimum atomic E-state index is -0.303. The molecule has 0 aromatic carbocycles. The molecule has 0 amide bonds. The lowest BCUT2D eigenvalue weighted by atomic mass is 9.97. The van der Waals surface area contributed by atoms with E-state index < -0.39 is 0 Å². The molecule has 1 aliphatic heterocycles. The minimum absolute atomic E-state index is 0.200. The summed E-state index contributed by atoms with van der Waals surface area (Å²) < 4.78 is 10.5. The zero-order valence-corrected chi connectivity index (χ0v) is 9.12. The molecule has 0 radical (unpaired) electrons. The highest BCUT2D eigenvalue weighted by Gasteiger charge is 2.23. The minimum Gasteiger partial charge on any atom is -0.376 e. The van der Waals surface area contributed by atoms with Crippen molar-refractivity contribution < 1.29 is 14.3 Å². The fraction of sp³-hybridized carbons (Fsp3) is 0.909. The van der Waals surface area contributed by atoms with Crippen molar-refractivity contribution >= 4 is 5.78 Å². The van der Waals surface area contributed by atoms with Crippen LogP contribution in [0.5, 0.6) is 0 Å². The molecule has 0 saturated carbocycles. The summed E-state index contributed by atoms with van der Waals surface area (Å²) in [5.74, 6) is 0.670. The molecule has 0 aliphatic carbocycles. The van der Waals surface area contributed by atoms with E-state index >= 15 is 0 Å². The number of carbonyl (C=O) groups excluding carboxylic acids is 1. The molecule has 0 aromatic rings. The lowest BCUT2D eigenvalue weighted by Crippen LogP contribution is -2.36. The zero-order valence-electron chi connectivity index (χ0n) is 9.12. The van der Waals surface area contributed by atoms with E-state index in [9.17, 15) is 4.79 Å². The fourth-order valence-electron chi connectivity index (χ4n) is 1.74. The van der Waals surface area contributed by atoms with Crippen LogP contribution in [-0.4, -0.2) is 31.7 Å². The summed E-state index contributed by atoms with van der Waals surface area (Å²) in [5.41, 5.74) is 0. The molecule has 3 heteroatoms. The maximum atomic E-state index is 11.7. The third kappa shape index (κ3) is 3.76. The Labute approximate surface area is 85.8 Å². The highest BCUT2D eigenvalue weighted by atomic mass is 16.6. The van der Waals surface area contributed by atoms with Crippen molar-refractivity contribution in [1.82, 2.24) is 0 Å². The number of carbonyl (C=O) groups is 1. The summed E-state index contributed by atoms with van der Waals surface area (Å²) in [6.07, 6.45) is 2.57. The molecule has 14 heavy (non-hydrogen) atoms. The van der Waals surface area contributed by atoms with Crippen molar-refractivity contribution in [2.24, 2.45) is 5.92 Å². The molecule has 2 atom stereocenters. The van der Waals surface area contributed by atoms with E-state index in [2.05, 4.69) is 13.8 Å². The molecule has 0 bridgehead atoms. The molecule has 82 valence electrons. The van der Waals surface area contributed by atoms with Crippen molar-refractivity contribution in [3.63, 3.8) is 0 Å². The number of ketones is 1. The summed E-state index contributed by atoms with van der Waals surface area (Å²) in [6, 6.07) is 0. The van der Waals surface area contributed by atoms with Crippen molar-refractivity contribution in [2.45, 2.75) is 39.2 Å². The van der Waals surface area contributed by atoms with E-state index in [1.807, 2.05) is 0 Å².